The van der Waals surface area contributed by atoms with Gasteiger partial charge in [0.05, 0.1) is 0 Å². The summed E-state index contributed by atoms with van der Waals surface area (Å²) < 4.78 is 31.7. The summed E-state index contributed by atoms with van der Waals surface area (Å²) in [5, 5.41) is 32.7. The number of halogens is 3. The molecule has 13 N–H and O–H groups in total. The maximum absolute atomic E-state index is 13.6. The van der Waals surface area contributed by atoms with Crippen LogP contribution in [-0.4, -0.2) is 77.8 Å². The molecular formula is C31H46F3N9O6. The molecule has 0 aliphatic heterocycles. The lowest BCUT2D eigenvalue weighted by Gasteiger charge is -2.29. The van der Waals surface area contributed by atoms with Crippen LogP contribution in [0.3, 0.4) is 0 Å². The van der Waals surface area contributed by atoms with Crippen LogP contribution < -0.4 is 38.5 Å². The Morgan fingerprint density at radius 1 is 0.918 bits per heavy atom. The lowest BCUT2D eigenvalue weighted by atomic mass is 9.84. The number of aliphatic carboxylic acids is 1. The largest absolute Gasteiger partial charge is 0.490 e. The van der Waals surface area contributed by atoms with E-state index in [2.05, 4.69) is 27.8 Å². The number of nitrogen functional groups attached to an aromatic ring is 1. The third-order valence-electron chi connectivity index (χ3n) is 7.57. The smallest absolute Gasteiger partial charge is 0.475 e. The van der Waals surface area contributed by atoms with Crippen molar-refractivity contribution in [2.24, 2.45) is 29.0 Å². The summed E-state index contributed by atoms with van der Waals surface area (Å²) in [6.45, 7) is 4.09. The van der Waals surface area contributed by atoms with Gasteiger partial charge in [0.15, 0.2) is 5.96 Å². The highest BCUT2D eigenvalue weighted by atomic mass is 19.4. The molecule has 1 aliphatic carbocycles. The van der Waals surface area contributed by atoms with Gasteiger partial charge in [-0.15, -0.1) is 6.58 Å². The van der Waals surface area contributed by atoms with Crippen molar-refractivity contribution in [3.05, 3.63) is 48.0 Å². The molecule has 2 rings (SSSR count). The van der Waals surface area contributed by atoms with Crippen LogP contribution in [0.15, 0.2) is 36.9 Å². The quantitative estimate of drug-likeness (QED) is 0.0361. The number of carboxylic acids is 1. The number of guanidine groups is 1. The topological polar surface area (TPSA) is 279 Å². The van der Waals surface area contributed by atoms with Crippen LogP contribution >= 0.6 is 0 Å². The van der Waals surface area contributed by atoms with Crippen molar-refractivity contribution in [2.45, 2.75) is 76.0 Å². The van der Waals surface area contributed by atoms with Gasteiger partial charge in [0.1, 0.15) is 23.8 Å². The number of carbonyl (C=O) groups excluding carboxylic acids is 4. The van der Waals surface area contributed by atoms with Crippen molar-refractivity contribution in [1.29, 1.82) is 10.8 Å². The highest BCUT2D eigenvalue weighted by molar-refractivity contribution is 6.02. The number of nitrogens with two attached hydrogens (primary N) is 3. The van der Waals surface area contributed by atoms with Gasteiger partial charge in [-0.25, -0.2) is 4.79 Å². The van der Waals surface area contributed by atoms with Crippen molar-refractivity contribution in [3.63, 3.8) is 0 Å². The number of nitrogens with one attached hydrogen (secondary N) is 6. The van der Waals surface area contributed by atoms with Gasteiger partial charge in [0, 0.05) is 18.7 Å². The molecule has 0 bridgehead atoms. The van der Waals surface area contributed by atoms with Crippen LogP contribution in [0, 0.1) is 22.7 Å². The number of primary amides is 1. The Morgan fingerprint density at radius 3 is 1.98 bits per heavy atom. The van der Waals surface area contributed by atoms with E-state index < -0.39 is 53.8 Å². The Bertz CT molecular complexity index is 1320. The monoisotopic (exact) mass is 697 g/mol. The van der Waals surface area contributed by atoms with E-state index in [0.29, 0.717) is 30.5 Å². The molecule has 18 heteroatoms. The first-order valence-corrected chi connectivity index (χ1v) is 15.6. The molecule has 3 atom stereocenters. The molecule has 0 heterocycles. The second kappa shape index (κ2) is 20.9. The first kappa shape index (κ1) is 41.9. The van der Waals surface area contributed by atoms with Crippen LogP contribution in [0.5, 0.6) is 0 Å². The summed E-state index contributed by atoms with van der Waals surface area (Å²) in [5.41, 5.74) is 17.6. The fourth-order valence-electron chi connectivity index (χ4n) is 5.00. The molecule has 0 saturated heterocycles. The van der Waals surface area contributed by atoms with Gasteiger partial charge in [0.25, 0.3) is 0 Å². The Balaban J connectivity index is 0.00000154. The lowest BCUT2D eigenvalue weighted by Crippen LogP contribution is -2.55. The molecule has 272 valence electrons. The molecule has 4 amide bonds. The van der Waals surface area contributed by atoms with E-state index >= 15 is 0 Å². The van der Waals surface area contributed by atoms with Gasteiger partial charge in [-0.2, -0.15) is 13.2 Å². The molecule has 1 fully saturated rings. The zero-order chi connectivity index (χ0) is 37.1. The summed E-state index contributed by atoms with van der Waals surface area (Å²) >= 11 is 0. The number of rotatable bonds is 17. The summed E-state index contributed by atoms with van der Waals surface area (Å²) in [4.78, 5) is 61.2. The Labute approximate surface area is 282 Å². The summed E-state index contributed by atoms with van der Waals surface area (Å²) in [7, 11) is 0. The number of carboxylic acid groups (broad SMARTS) is 1. The molecule has 1 unspecified atom stereocenters. The predicted molar refractivity (Wildman–Crippen MR) is 175 cm³/mol. The molecular weight excluding hydrogens is 651 g/mol. The molecule has 0 radical (unpaired) electrons. The van der Waals surface area contributed by atoms with Gasteiger partial charge in [-0.3, -0.25) is 30.0 Å². The van der Waals surface area contributed by atoms with Gasteiger partial charge in [0.2, 0.25) is 23.6 Å². The van der Waals surface area contributed by atoms with E-state index in [1.54, 1.807) is 24.3 Å². The lowest BCUT2D eigenvalue weighted by molar-refractivity contribution is -0.192. The number of amidine groups is 1. The minimum atomic E-state index is -5.08. The van der Waals surface area contributed by atoms with Crippen molar-refractivity contribution >= 4 is 41.4 Å². The third kappa shape index (κ3) is 16.5. The van der Waals surface area contributed by atoms with Gasteiger partial charge in [-0.05, 0) is 37.2 Å². The number of hydrogen-bond donors (Lipinski definition) is 10. The average molecular weight is 698 g/mol. The minimum absolute atomic E-state index is 0.0534. The molecule has 1 aromatic rings. The van der Waals surface area contributed by atoms with Crippen molar-refractivity contribution in [2.75, 3.05) is 13.1 Å². The van der Waals surface area contributed by atoms with E-state index in [9.17, 15) is 32.3 Å². The fourth-order valence-corrected chi connectivity index (χ4v) is 5.00. The van der Waals surface area contributed by atoms with E-state index in [-0.39, 0.29) is 37.1 Å². The Morgan fingerprint density at radius 2 is 1.49 bits per heavy atom. The number of benzene rings is 1. The number of amides is 4. The number of hydrogen-bond acceptors (Lipinski definition) is 7. The van der Waals surface area contributed by atoms with Crippen molar-refractivity contribution in [3.8, 4) is 0 Å². The Hall–Kier alpha value is -5.16. The van der Waals surface area contributed by atoms with E-state index in [1.807, 2.05) is 0 Å². The van der Waals surface area contributed by atoms with Crippen LogP contribution in [-0.2, 0) is 30.4 Å². The highest BCUT2D eigenvalue weighted by Gasteiger charge is 2.38. The molecule has 1 aliphatic rings. The maximum atomic E-state index is 13.6. The van der Waals surface area contributed by atoms with E-state index in [4.69, 9.17) is 37.9 Å². The second-order valence-corrected chi connectivity index (χ2v) is 11.5. The van der Waals surface area contributed by atoms with Crippen LogP contribution in [0.4, 0.5) is 13.2 Å². The molecule has 15 nitrogen and oxygen atoms in total. The van der Waals surface area contributed by atoms with Crippen LogP contribution in [0.1, 0.15) is 62.5 Å². The molecule has 1 saturated carbocycles. The van der Waals surface area contributed by atoms with Gasteiger partial charge < -0.3 is 43.6 Å². The van der Waals surface area contributed by atoms with Gasteiger partial charge in [-0.1, -0.05) is 62.4 Å². The van der Waals surface area contributed by atoms with Crippen molar-refractivity contribution < 1.29 is 42.3 Å². The zero-order valence-corrected chi connectivity index (χ0v) is 27.0. The summed E-state index contributed by atoms with van der Waals surface area (Å²) in [5.74, 6) is -6.41. The fraction of sp³-hybridized carbons (Fsp3) is 0.516. The second-order valence-electron chi connectivity index (χ2n) is 11.5. The average Bonchev–Trinajstić information content (AvgIpc) is 3.03. The highest BCUT2D eigenvalue weighted by Crippen LogP contribution is 2.27. The van der Waals surface area contributed by atoms with Crippen LogP contribution in [0.2, 0.25) is 0 Å². The number of carbonyl (C=O) groups is 5. The van der Waals surface area contributed by atoms with Crippen molar-refractivity contribution in [1.82, 2.24) is 21.3 Å². The summed E-state index contributed by atoms with van der Waals surface area (Å²) in [6, 6.07) is 4.72. The molecule has 49 heavy (non-hydrogen) atoms. The number of alkyl halides is 3. The molecule has 1 aromatic carbocycles. The molecule has 0 spiro atoms. The van der Waals surface area contributed by atoms with E-state index in [0.717, 1.165) is 32.1 Å². The summed E-state index contributed by atoms with van der Waals surface area (Å²) in [6.07, 6.45) is 2.49. The SMILES string of the molecule is C=CCNC(=O)C(Cc1ccc(C(=N)N)cc1)C(=O)N[C@@H](CC1CCCCC1)C(=O)N[C@@H](CCCNC(=N)N)C(N)=O.O=C(O)C(F)(F)F. The maximum Gasteiger partial charge on any atom is 0.490 e. The normalized spacial score (nSPS) is 14.8. The Kier molecular flexibility index (Phi) is 17.9. The predicted octanol–water partition coefficient (Wildman–Crippen LogP) is 0.753. The minimum Gasteiger partial charge on any atom is -0.475 e. The van der Waals surface area contributed by atoms with E-state index in [1.165, 1.54) is 6.08 Å². The first-order chi connectivity index (χ1) is 23.0. The van der Waals surface area contributed by atoms with Crippen LogP contribution in [0.25, 0.3) is 0 Å². The zero-order valence-electron chi connectivity index (χ0n) is 27.0. The first-order valence-electron chi connectivity index (χ1n) is 15.6. The molecule has 0 aromatic heterocycles. The standard InChI is InChI=1S/C29H45N9O4.C2HF3O2/c1-2-14-35-26(40)21(16-19-10-12-20(13-11-19)24(30)31)27(41)38-23(17-18-7-4-3-5-8-18)28(42)37-22(25(32)39)9-6-15-36-29(33)34;3-2(4,5)1(6)7/h2,10-13,18,21-23H,1,3-9,14-17H2,(H3,30,31)(H2,32,39)(H,35,40)(H,37,42)(H,38,41)(H4,33,34,36);(H,6,7)/t21?,22-,23-;/m0./s1. The van der Waals surface area contributed by atoms with Gasteiger partial charge >= 0.3 is 12.1 Å². The third-order valence-corrected chi connectivity index (χ3v) is 7.57.